The summed E-state index contributed by atoms with van der Waals surface area (Å²) in [6.07, 6.45) is 0. The Labute approximate surface area is 348 Å². The molecule has 0 saturated carbocycles. The predicted octanol–water partition coefficient (Wildman–Crippen LogP) is 16.3. The van der Waals surface area contributed by atoms with Crippen molar-refractivity contribution in [1.29, 1.82) is 0 Å². The van der Waals surface area contributed by atoms with Gasteiger partial charge in [-0.3, -0.25) is 0 Å². The first-order valence-corrected chi connectivity index (χ1v) is 20.7. The van der Waals surface area contributed by atoms with Crippen LogP contribution in [-0.4, -0.2) is 0 Å². The third-order valence-corrected chi connectivity index (χ3v) is 12.7. The highest BCUT2D eigenvalue weighted by Crippen LogP contribution is 2.51. The van der Waals surface area contributed by atoms with E-state index in [-0.39, 0.29) is 5.41 Å². The predicted molar refractivity (Wildman–Crippen MR) is 250 cm³/mol. The molecule has 3 heteroatoms. The van der Waals surface area contributed by atoms with Crippen LogP contribution in [0, 0.1) is 0 Å². The van der Waals surface area contributed by atoms with Gasteiger partial charge in [-0.05, 0) is 117 Å². The van der Waals surface area contributed by atoms with Crippen molar-refractivity contribution in [3.8, 4) is 44.5 Å². The Hall–Kier alpha value is -7.62. The zero-order chi connectivity index (χ0) is 40.0. The zero-order valence-corrected chi connectivity index (χ0v) is 33.3. The molecular formula is C57H39NO2. The van der Waals surface area contributed by atoms with Crippen LogP contribution >= 0.6 is 0 Å². The summed E-state index contributed by atoms with van der Waals surface area (Å²) in [6, 6.07) is 71.8. The van der Waals surface area contributed by atoms with E-state index in [4.69, 9.17) is 8.83 Å². The standard InChI is InChI=1S/C57H39NO2/c1-57(2)50-33-27-38(34-49(50)45-32-26-39(35-51(45)57)44-17-10-18-47-46-14-6-8-19-52(46)60-56(44)47)36-22-28-41(29-23-36)58(40-12-4-3-5-13-40)42-30-24-37(25-31-42)43-16-11-21-54-55(43)48-15-7-9-20-53(48)59-54/h3-35H,1-2H3. The second-order valence-electron chi connectivity index (χ2n) is 16.5. The van der Waals surface area contributed by atoms with Gasteiger partial charge in [-0.15, -0.1) is 0 Å². The minimum Gasteiger partial charge on any atom is -0.456 e. The van der Waals surface area contributed by atoms with Gasteiger partial charge in [-0.2, -0.15) is 0 Å². The molecule has 0 N–H and O–H groups in total. The molecule has 0 fully saturated rings. The van der Waals surface area contributed by atoms with Crippen LogP contribution < -0.4 is 4.90 Å². The highest BCUT2D eigenvalue weighted by molar-refractivity contribution is 6.12. The number of hydrogen-bond acceptors (Lipinski definition) is 3. The fourth-order valence-electron chi connectivity index (χ4n) is 9.71. The van der Waals surface area contributed by atoms with Gasteiger partial charge in [-0.25, -0.2) is 0 Å². The molecular weight excluding hydrogens is 731 g/mol. The van der Waals surface area contributed by atoms with Crippen molar-refractivity contribution in [2.24, 2.45) is 0 Å². The number of furan rings is 2. The average Bonchev–Trinajstić information content (AvgIpc) is 3.95. The molecule has 60 heavy (non-hydrogen) atoms. The van der Waals surface area contributed by atoms with Gasteiger partial charge in [0.25, 0.3) is 0 Å². The van der Waals surface area contributed by atoms with Gasteiger partial charge in [0.15, 0.2) is 0 Å². The molecule has 2 aromatic heterocycles. The first-order chi connectivity index (χ1) is 29.5. The van der Waals surface area contributed by atoms with E-state index in [0.717, 1.165) is 72.1 Å². The minimum absolute atomic E-state index is 0.143. The Bertz CT molecular complexity index is 3440. The van der Waals surface area contributed by atoms with E-state index in [0.29, 0.717) is 0 Å². The smallest absolute Gasteiger partial charge is 0.143 e. The molecule has 0 spiro atoms. The van der Waals surface area contributed by atoms with Crippen molar-refractivity contribution in [3.05, 3.63) is 211 Å². The lowest BCUT2D eigenvalue weighted by Gasteiger charge is -2.26. The molecule has 284 valence electrons. The molecule has 1 aliphatic carbocycles. The van der Waals surface area contributed by atoms with Crippen LogP contribution in [-0.2, 0) is 5.41 Å². The topological polar surface area (TPSA) is 29.5 Å². The summed E-state index contributed by atoms with van der Waals surface area (Å²) >= 11 is 0. The maximum atomic E-state index is 6.45. The highest BCUT2D eigenvalue weighted by atomic mass is 16.3. The second kappa shape index (κ2) is 13.2. The molecule has 0 saturated heterocycles. The van der Waals surface area contributed by atoms with Gasteiger partial charge >= 0.3 is 0 Å². The maximum absolute atomic E-state index is 6.45. The largest absolute Gasteiger partial charge is 0.456 e. The number of para-hydroxylation sites is 4. The molecule has 12 rings (SSSR count). The molecule has 9 aromatic carbocycles. The van der Waals surface area contributed by atoms with E-state index >= 15 is 0 Å². The summed E-state index contributed by atoms with van der Waals surface area (Å²) < 4.78 is 12.7. The summed E-state index contributed by atoms with van der Waals surface area (Å²) in [6.45, 7) is 4.70. The summed E-state index contributed by atoms with van der Waals surface area (Å²) in [5.74, 6) is 0. The normalized spacial score (nSPS) is 13.0. The summed E-state index contributed by atoms with van der Waals surface area (Å²) in [4.78, 5) is 2.33. The Morgan fingerprint density at radius 3 is 1.72 bits per heavy atom. The quantitative estimate of drug-likeness (QED) is 0.169. The third-order valence-electron chi connectivity index (χ3n) is 12.7. The number of rotatable bonds is 6. The average molecular weight is 770 g/mol. The summed E-state index contributed by atoms with van der Waals surface area (Å²) in [5, 5.41) is 4.59. The van der Waals surface area contributed by atoms with Crippen LogP contribution in [0.5, 0.6) is 0 Å². The van der Waals surface area contributed by atoms with Crippen molar-refractivity contribution in [1.82, 2.24) is 0 Å². The molecule has 0 radical (unpaired) electrons. The van der Waals surface area contributed by atoms with Gasteiger partial charge in [0.05, 0.1) is 0 Å². The summed E-state index contributed by atoms with van der Waals surface area (Å²) in [5.41, 5.74) is 19.1. The lowest BCUT2D eigenvalue weighted by molar-refractivity contribution is 0.660. The Morgan fingerprint density at radius 2 is 0.933 bits per heavy atom. The minimum atomic E-state index is -0.143. The lowest BCUT2D eigenvalue weighted by atomic mass is 9.81. The fourth-order valence-corrected chi connectivity index (χ4v) is 9.71. The molecule has 0 amide bonds. The third kappa shape index (κ3) is 5.29. The molecule has 0 atom stereocenters. The van der Waals surface area contributed by atoms with E-state index in [2.05, 4.69) is 201 Å². The molecule has 1 aliphatic rings. The van der Waals surface area contributed by atoms with Gasteiger partial charge in [0.2, 0.25) is 0 Å². The fraction of sp³-hybridized carbons (Fsp3) is 0.0526. The Balaban J connectivity index is 0.880. The first-order valence-electron chi connectivity index (χ1n) is 20.7. The van der Waals surface area contributed by atoms with Crippen molar-refractivity contribution >= 4 is 60.9 Å². The van der Waals surface area contributed by atoms with Crippen LogP contribution in [0.2, 0.25) is 0 Å². The van der Waals surface area contributed by atoms with Crippen LogP contribution in [0.4, 0.5) is 17.1 Å². The molecule has 2 heterocycles. The van der Waals surface area contributed by atoms with Crippen molar-refractivity contribution in [3.63, 3.8) is 0 Å². The van der Waals surface area contributed by atoms with Gasteiger partial charge in [0.1, 0.15) is 22.3 Å². The number of nitrogens with zero attached hydrogens (tertiary/aromatic N) is 1. The Morgan fingerprint density at radius 1 is 0.350 bits per heavy atom. The zero-order valence-electron chi connectivity index (χ0n) is 33.3. The lowest BCUT2D eigenvalue weighted by Crippen LogP contribution is -2.15. The number of benzene rings is 9. The van der Waals surface area contributed by atoms with E-state index in [1.54, 1.807) is 0 Å². The second-order valence-corrected chi connectivity index (χ2v) is 16.5. The van der Waals surface area contributed by atoms with Crippen LogP contribution in [0.15, 0.2) is 209 Å². The highest BCUT2D eigenvalue weighted by Gasteiger charge is 2.36. The van der Waals surface area contributed by atoms with Gasteiger partial charge in [-0.1, -0.05) is 147 Å². The molecule has 11 aromatic rings. The van der Waals surface area contributed by atoms with Gasteiger partial charge < -0.3 is 13.7 Å². The molecule has 3 nitrogen and oxygen atoms in total. The summed E-state index contributed by atoms with van der Waals surface area (Å²) in [7, 11) is 0. The maximum Gasteiger partial charge on any atom is 0.143 e. The van der Waals surface area contributed by atoms with Crippen molar-refractivity contribution < 1.29 is 8.83 Å². The van der Waals surface area contributed by atoms with Gasteiger partial charge in [0, 0.05) is 49.6 Å². The first kappa shape index (κ1) is 34.4. The molecule has 0 unspecified atom stereocenters. The van der Waals surface area contributed by atoms with Crippen LogP contribution in [0.25, 0.3) is 88.4 Å². The molecule has 0 aliphatic heterocycles. The monoisotopic (exact) mass is 769 g/mol. The van der Waals surface area contributed by atoms with E-state index in [9.17, 15) is 0 Å². The van der Waals surface area contributed by atoms with E-state index < -0.39 is 0 Å². The SMILES string of the molecule is CC1(C)c2ccc(-c3ccc(N(c4ccccc4)c4ccc(-c5cccc6oc7ccccc7c56)cc4)cc3)cc2-c2ccc(-c3cccc4c3oc3ccccc34)cc21. The van der Waals surface area contributed by atoms with E-state index in [1.807, 2.05) is 18.2 Å². The van der Waals surface area contributed by atoms with Crippen molar-refractivity contribution in [2.75, 3.05) is 4.90 Å². The van der Waals surface area contributed by atoms with Crippen LogP contribution in [0.1, 0.15) is 25.0 Å². The van der Waals surface area contributed by atoms with E-state index in [1.165, 1.54) is 44.5 Å². The molecule has 0 bridgehead atoms. The Kier molecular flexibility index (Phi) is 7.58. The number of anilines is 3. The number of fused-ring (bicyclic) bond motifs is 9. The number of hydrogen-bond donors (Lipinski definition) is 0. The van der Waals surface area contributed by atoms with Crippen molar-refractivity contribution in [2.45, 2.75) is 19.3 Å². The van der Waals surface area contributed by atoms with Crippen LogP contribution in [0.3, 0.4) is 0 Å².